The van der Waals surface area contributed by atoms with E-state index in [0.717, 1.165) is 25.9 Å². The zero-order chi connectivity index (χ0) is 12.4. The summed E-state index contributed by atoms with van der Waals surface area (Å²) in [5, 5.41) is 12.3. The van der Waals surface area contributed by atoms with Crippen molar-refractivity contribution in [2.45, 2.75) is 51.0 Å². The number of hydrogen-bond donors (Lipinski definition) is 2. The molecule has 98 valence electrons. The summed E-state index contributed by atoms with van der Waals surface area (Å²) in [6.45, 7) is 6.27. The van der Waals surface area contributed by atoms with Crippen LogP contribution in [0.1, 0.15) is 26.7 Å². The Morgan fingerprint density at radius 1 is 1.41 bits per heavy atom. The van der Waals surface area contributed by atoms with Crippen LogP contribution in [0.15, 0.2) is 0 Å². The molecule has 0 aromatic carbocycles. The van der Waals surface area contributed by atoms with Crippen molar-refractivity contribution in [3.05, 3.63) is 0 Å². The molecule has 0 aliphatic carbocycles. The maximum absolute atomic E-state index is 11.2. The van der Waals surface area contributed by atoms with Crippen LogP contribution < -0.4 is 5.32 Å². The van der Waals surface area contributed by atoms with Crippen molar-refractivity contribution in [2.75, 3.05) is 19.6 Å². The Kier molecular flexibility index (Phi) is 4.01. The molecule has 0 radical (unpaired) electrons. The molecule has 2 fully saturated rings. The molecule has 3 atom stereocenters. The fourth-order valence-corrected chi connectivity index (χ4v) is 2.71. The minimum Gasteiger partial charge on any atom is -0.480 e. The molecule has 17 heavy (non-hydrogen) atoms. The predicted octanol–water partition coefficient (Wildman–Crippen LogP) is 0.301. The van der Waals surface area contributed by atoms with Gasteiger partial charge in [0.1, 0.15) is 6.04 Å². The molecule has 0 spiro atoms. The SMILES string of the molecule is CC(C)NC(CN1CC2CCC(C1)O2)C(=O)O. The van der Waals surface area contributed by atoms with Crippen LogP contribution in [0.5, 0.6) is 0 Å². The molecule has 0 saturated carbocycles. The molecule has 0 aromatic rings. The molecule has 2 heterocycles. The van der Waals surface area contributed by atoms with Crippen LogP contribution >= 0.6 is 0 Å². The fraction of sp³-hybridized carbons (Fsp3) is 0.917. The van der Waals surface area contributed by atoms with Crippen molar-refractivity contribution in [2.24, 2.45) is 0 Å². The van der Waals surface area contributed by atoms with Crippen LogP contribution in [0.3, 0.4) is 0 Å². The number of carboxylic acids is 1. The Morgan fingerprint density at radius 2 is 2.00 bits per heavy atom. The van der Waals surface area contributed by atoms with E-state index in [1.165, 1.54) is 0 Å². The second-order valence-corrected chi connectivity index (χ2v) is 5.39. The molecule has 3 unspecified atom stereocenters. The Morgan fingerprint density at radius 3 is 2.47 bits per heavy atom. The van der Waals surface area contributed by atoms with E-state index in [-0.39, 0.29) is 6.04 Å². The predicted molar refractivity (Wildman–Crippen MR) is 64.0 cm³/mol. The zero-order valence-corrected chi connectivity index (χ0v) is 10.6. The van der Waals surface area contributed by atoms with Crippen LogP contribution in [0.4, 0.5) is 0 Å². The van der Waals surface area contributed by atoms with Gasteiger partial charge in [-0.3, -0.25) is 9.69 Å². The summed E-state index contributed by atoms with van der Waals surface area (Å²) in [5.41, 5.74) is 0. The molecular formula is C12H22N2O3. The molecule has 2 saturated heterocycles. The van der Waals surface area contributed by atoms with Gasteiger partial charge in [-0.1, -0.05) is 13.8 Å². The summed E-state index contributed by atoms with van der Waals surface area (Å²) in [6, 6.07) is -0.290. The molecule has 2 rings (SSSR count). The topological polar surface area (TPSA) is 61.8 Å². The second kappa shape index (κ2) is 5.33. The number of morpholine rings is 1. The second-order valence-electron chi connectivity index (χ2n) is 5.39. The minimum atomic E-state index is -0.766. The first kappa shape index (κ1) is 12.8. The number of carbonyl (C=O) groups is 1. The third-order valence-electron chi connectivity index (χ3n) is 3.39. The third kappa shape index (κ3) is 3.40. The number of hydrogen-bond acceptors (Lipinski definition) is 4. The summed E-state index contributed by atoms with van der Waals surface area (Å²) in [7, 11) is 0. The number of ether oxygens (including phenoxy) is 1. The Hall–Kier alpha value is -0.650. The van der Waals surface area contributed by atoms with Gasteiger partial charge in [0.2, 0.25) is 0 Å². The van der Waals surface area contributed by atoms with Gasteiger partial charge < -0.3 is 15.2 Å². The maximum atomic E-state index is 11.2. The molecule has 5 heteroatoms. The molecular weight excluding hydrogens is 220 g/mol. The standard InChI is InChI=1S/C12H22N2O3/c1-8(2)13-11(12(15)16)7-14-5-9-3-4-10(6-14)17-9/h8-11,13H,3-7H2,1-2H3,(H,15,16). The average Bonchev–Trinajstić information content (AvgIpc) is 2.56. The van der Waals surface area contributed by atoms with E-state index in [1.54, 1.807) is 0 Å². The van der Waals surface area contributed by atoms with Crippen LogP contribution in [0.2, 0.25) is 0 Å². The average molecular weight is 242 g/mol. The first-order chi connectivity index (χ1) is 8.04. The minimum absolute atomic E-state index is 0.189. The monoisotopic (exact) mass is 242 g/mol. The number of nitrogens with zero attached hydrogens (tertiary/aromatic N) is 1. The van der Waals surface area contributed by atoms with E-state index in [4.69, 9.17) is 4.74 Å². The van der Waals surface area contributed by atoms with Crippen LogP contribution in [0.25, 0.3) is 0 Å². The largest absolute Gasteiger partial charge is 0.480 e. The first-order valence-electron chi connectivity index (χ1n) is 6.41. The van der Waals surface area contributed by atoms with Crippen molar-refractivity contribution in [1.82, 2.24) is 10.2 Å². The maximum Gasteiger partial charge on any atom is 0.322 e. The number of rotatable bonds is 5. The lowest BCUT2D eigenvalue weighted by Crippen LogP contribution is -2.52. The zero-order valence-electron chi connectivity index (χ0n) is 10.6. The summed E-state index contributed by atoms with van der Waals surface area (Å²) < 4.78 is 5.74. The molecule has 0 aromatic heterocycles. The quantitative estimate of drug-likeness (QED) is 0.726. The van der Waals surface area contributed by atoms with Crippen LogP contribution in [-0.4, -0.2) is 59.9 Å². The summed E-state index contributed by atoms with van der Waals surface area (Å²) in [6.07, 6.45) is 2.89. The van der Waals surface area contributed by atoms with Gasteiger partial charge in [-0.25, -0.2) is 0 Å². The van der Waals surface area contributed by atoms with Crippen molar-refractivity contribution in [3.63, 3.8) is 0 Å². The van der Waals surface area contributed by atoms with E-state index in [2.05, 4.69) is 10.2 Å². The third-order valence-corrected chi connectivity index (χ3v) is 3.39. The highest BCUT2D eigenvalue weighted by Crippen LogP contribution is 2.26. The summed E-state index contributed by atoms with van der Waals surface area (Å²) >= 11 is 0. The van der Waals surface area contributed by atoms with Crippen LogP contribution in [-0.2, 0) is 9.53 Å². The van der Waals surface area contributed by atoms with E-state index < -0.39 is 12.0 Å². The lowest BCUT2D eigenvalue weighted by Gasteiger charge is -2.34. The molecule has 0 amide bonds. The Bertz CT molecular complexity index is 271. The number of likely N-dealkylation sites (tertiary alicyclic amines) is 1. The normalized spacial score (nSPS) is 30.8. The van der Waals surface area contributed by atoms with Crippen molar-refractivity contribution in [1.29, 1.82) is 0 Å². The number of aliphatic carboxylic acids is 1. The van der Waals surface area contributed by atoms with E-state index >= 15 is 0 Å². The van der Waals surface area contributed by atoms with Gasteiger partial charge in [0.05, 0.1) is 12.2 Å². The number of carboxylic acid groups (broad SMARTS) is 1. The molecule has 2 aliphatic rings. The van der Waals surface area contributed by atoms with Gasteiger partial charge in [0.25, 0.3) is 0 Å². The Labute approximate surface area is 102 Å². The van der Waals surface area contributed by atoms with Gasteiger partial charge in [-0.05, 0) is 12.8 Å². The van der Waals surface area contributed by atoms with Gasteiger partial charge in [-0.2, -0.15) is 0 Å². The molecule has 2 bridgehead atoms. The molecule has 2 N–H and O–H groups in total. The lowest BCUT2D eigenvalue weighted by atomic mass is 10.2. The van der Waals surface area contributed by atoms with Gasteiger partial charge in [0, 0.05) is 25.7 Å². The van der Waals surface area contributed by atoms with E-state index in [9.17, 15) is 9.90 Å². The van der Waals surface area contributed by atoms with Gasteiger partial charge in [-0.15, -0.1) is 0 Å². The molecule has 2 aliphatic heterocycles. The highest BCUT2D eigenvalue weighted by Gasteiger charge is 2.35. The Balaban J connectivity index is 1.87. The summed E-state index contributed by atoms with van der Waals surface area (Å²) in [4.78, 5) is 13.4. The highest BCUT2D eigenvalue weighted by molar-refractivity contribution is 5.73. The molecule has 5 nitrogen and oxygen atoms in total. The van der Waals surface area contributed by atoms with Crippen LogP contribution in [0, 0.1) is 0 Å². The highest BCUT2D eigenvalue weighted by atomic mass is 16.5. The van der Waals surface area contributed by atoms with Crippen molar-refractivity contribution < 1.29 is 14.6 Å². The fourth-order valence-electron chi connectivity index (χ4n) is 2.71. The van der Waals surface area contributed by atoms with Gasteiger partial charge >= 0.3 is 5.97 Å². The van der Waals surface area contributed by atoms with E-state index in [0.29, 0.717) is 18.8 Å². The lowest BCUT2D eigenvalue weighted by molar-refractivity contribution is -0.141. The first-order valence-corrected chi connectivity index (χ1v) is 6.41. The number of nitrogens with one attached hydrogen (secondary N) is 1. The van der Waals surface area contributed by atoms with Gasteiger partial charge in [0.15, 0.2) is 0 Å². The summed E-state index contributed by atoms with van der Waals surface area (Å²) in [5.74, 6) is -0.766. The van der Waals surface area contributed by atoms with Crippen molar-refractivity contribution >= 4 is 5.97 Å². The van der Waals surface area contributed by atoms with E-state index in [1.807, 2.05) is 13.8 Å². The number of fused-ring (bicyclic) bond motifs is 2. The smallest absolute Gasteiger partial charge is 0.322 e. The van der Waals surface area contributed by atoms with Crippen molar-refractivity contribution in [3.8, 4) is 0 Å².